The maximum atomic E-state index is 12.2. The predicted octanol–water partition coefficient (Wildman–Crippen LogP) is 0.253. The van der Waals surface area contributed by atoms with E-state index >= 15 is 0 Å². The van der Waals surface area contributed by atoms with Gasteiger partial charge in [0.2, 0.25) is 0 Å². The molecule has 0 amide bonds. The molecule has 54 valence electrons. The van der Waals surface area contributed by atoms with Crippen molar-refractivity contribution in [1.82, 2.24) is 10.6 Å². The lowest BCUT2D eigenvalue weighted by Gasteiger charge is -2.10. The van der Waals surface area contributed by atoms with E-state index in [1.54, 1.807) is 0 Å². The van der Waals surface area contributed by atoms with Gasteiger partial charge in [-0.2, -0.15) is 0 Å². The van der Waals surface area contributed by atoms with E-state index < -0.39 is 6.30 Å². The minimum Gasteiger partial charge on any atom is -0.315 e. The van der Waals surface area contributed by atoms with Crippen molar-refractivity contribution in [3.8, 4) is 0 Å². The molecule has 0 spiro atoms. The standard InChI is InChI=1S/C6H13FN2/c1-5(7)9-6-2-3-8-4-6/h5-6,8-9H,2-4H2,1H3. The fourth-order valence-corrected chi connectivity index (χ4v) is 1.12. The van der Waals surface area contributed by atoms with Crippen LogP contribution in [0.15, 0.2) is 0 Å². The molecule has 2 atom stereocenters. The van der Waals surface area contributed by atoms with Crippen molar-refractivity contribution in [2.45, 2.75) is 25.7 Å². The molecule has 0 bridgehead atoms. The Hall–Kier alpha value is -0.150. The molecular formula is C6H13FN2. The summed E-state index contributed by atoms with van der Waals surface area (Å²) in [5.41, 5.74) is 0. The number of halogens is 1. The van der Waals surface area contributed by atoms with Gasteiger partial charge in [-0.05, 0) is 19.9 Å². The van der Waals surface area contributed by atoms with E-state index in [1.165, 1.54) is 6.92 Å². The molecule has 2 nitrogen and oxygen atoms in total. The second-order valence-corrected chi connectivity index (χ2v) is 2.47. The van der Waals surface area contributed by atoms with E-state index in [2.05, 4.69) is 10.6 Å². The Morgan fingerprint density at radius 3 is 3.00 bits per heavy atom. The molecule has 1 rings (SSSR count). The average Bonchev–Trinajstić information content (AvgIpc) is 2.15. The summed E-state index contributed by atoms with van der Waals surface area (Å²) in [6.45, 7) is 3.46. The molecule has 1 aliphatic heterocycles. The van der Waals surface area contributed by atoms with E-state index in [4.69, 9.17) is 0 Å². The van der Waals surface area contributed by atoms with Gasteiger partial charge in [0, 0.05) is 12.6 Å². The molecule has 1 fully saturated rings. The SMILES string of the molecule is CC(F)NC1CCNC1. The van der Waals surface area contributed by atoms with E-state index in [9.17, 15) is 4.39 Å². The molecule has 0 saturated carbocycles. The molecular weight excluding hydrogens is 119 g/mol. The van der Waals surface area contributed by atoms with E-state index in [1.807, 2.05) is 0 Å². The van der Waals surface area contributed by atoms with Crippen LogP contribution in [-0.2, 0) is 0 Å². The summed E-state index contributed by atoms with van der Waals surface area (Å²) in [5, 5.41) is 5.96. The van der Waals surface area contributed by atoms with Crippen LogP contribution in [0.3, 0.4) is 0 Å². The van der Waals surface area contributed by atoms with Gasteiger partial charge in [0.05, 0.1) is 0 Å². The zero-order chi connectivity index (χ0) is 6.69. The quantitative estimate of drug-likeness (QED) is 0.526. The van der Waals surface area contributed by atoms with Crippen LogP contribution < -0.4 is 10.6 Å². The number of rotatable bonds is 2. The Kier molecular flexibility index (Phi) is 2.42. The topological polar surface area (TPSA) is 24.1 Å². The van der Waals surface area contributed by atoms with Gasteiger partial charge in [-0.3, -0.25) is 5.32 Å². The maximum Gasteiger partial charge on any atom is 0.148 e. The van der Waals surface area contributed by atoms with Crippen LogP contribution in [0.1, 0.15) is 13.3 Å². The zero-order valence-electron chi connectivity index (χ0n) is 5.65. The highest BCUT2D eigenvalue weighted by Crippen LogP contribution is 1.98. The van der Waals surface area contributed by atoms with Crippen molar-refractivity contribution in [1.29, 1.82) is 0 Å². The van der Waals surface area contributed by atoms with Crippen LogP contribution in [-0.4, -0.2) is 25.4 Å². The molecule has 1 saturated heterocycles. The molecule has 0 aliphatic carbocycles. The molecule has 0 radical (unpaired) electrons. The first kappa shape index (κ1) is 6.96. The fraction of sp³-hybridized carbons (Fsp3) is 1.00. The van der Waals surface area contributed by atoms with Crippen molar-refractivity contribution >= 4 is 0 Å². The summed E-state index contributed by atoms with van der Waals surface area (Å²) >= 11 is 0. The van der Waals surface area contributed by atoms with Crippen molar-refractivity contribution in [3.63, 3.8) is 0 Å². The number of alkyl halides is 1. The first-order valence-corrected chi connectivity index (χ1v) is 3.40. The van der Waals surface area contributed by atoms with Gasteiger partial charge in [0.15, 0.2) is 0 Å². The second-order valence-electron chi connectivity index (χ2n) is 2.47. The van der Waals surface area contributed by atoms with Crippen LogP contribution >= 0.6 is 0 Å². The summed E-state index contributed by atoms with van der Waals surface area (Å²) in [4.78, 5) is 0. The highest BCUT2D eigenvalue weighted by Gasteiger charge is 2.14. The first-order chi connectivity index (χ1) is 4.29. The van der Waals surface area contributed by atoms with Crippen LogP contribution in [0.2, 0.25) is 0 Å². The Labute approximate surface area is 54.8 Å². The highest BCUT2D eigenvalue weighted by atomic mass is 19.1. The third-order valence-electron chi connectivity index (χ3n) is 1.53. The summed E-state index contributed by atoms with van der Waals surface area (Å²) in [7, 11) is 0. The maximum absolute atomic E-state index is 12.2. The third kappa shape index (κ3) is 2.28. The third-order valence-corrected chi connectivity index (χ3v) is 1.53. The summed E-state index contributed by atoms with van der Waals surface area (Å²) in [5.74, 6) is 0. The summed E-state index contributed by atoms with van der Waals surface area (Å²) < 4.78 is 12.2. The molecule has 0 aromatic rings. The summed E-state index contributed by atoms with van der Waals surface area (Å²) in [6.07, 6.45) is 0.184. The van der Waals surface area contributed by atoms with Crippen molar-refractivity contribution in [2.24, 2.45) is 0 Å². The van der Waals surface area contributed by atoms with Crippen molar-refractivity contribution in [3.05, 3.63) is 0 Å². The van der Waals surface area contributed by atoms with Crippen LogP contribution in [0.4, 0.5) is 4.39 Å². The first-order valence-electron chi connectivity index (χ1n) is 3.40. The Balaban J connectivity index is 2.11. The predicted molar refractivity (Wildman–Crippen MR) is 35.0 cm³/mol. The second kappa shape index (κ2) is 3.13. The highest BCUT2D eigenvalue weighted by molar-refractivity contribution is 4.77. The van der Waals surface area contributed by atoms with Gasteiger partial charge in [0.1, 0.15) is 6.30 Å². The Bertz CT molecular complexity index is 79.1. The average molecular weight is 132 g/mol. The van der Waals surface area contributed by atoms with Gasteiger partial charge in [-0.25, -0.2) is 4.39 Å². The number of hydrogen-bond acceptors (Lipinski definition) is 2. The Morgan fingerprint density at radius 2 is 2.56 bits per heavy atom. The minimum absolute atomic E-state index is 0.352. The minimum atomic E-state index is -0.866. The van der Waals surface area contributed by atoms with Gasteiger partial charge >= 0.3 is 0 Å². The fourth-order valence-electron chi connectivity index (χ4n) is 1.12. The lowest BCUT2D eigenvalue weighted by molar-refractivity contribution is 0.272. The van der Waals surface area contributed by atoms with E-state index in [0.717, 1.165) is 19.5 Å². The molecule has 9 heavy (non-hydrogen) atoms. The number of nitrogens with one attached hydrogen (secondary N) is 2. The lowest BCUT2D eigenvalue weighted by Crippen LogP contribution is -2.35. The molecule has 0 aromatic carbocycles. The van der Waals surface area contributed by atoms with Gasteiger partial charge < -0.3 is 5.32 Å². The smallest absolute Gasteiger partial charge is 0.148 e. The molecule has 1 aliphatic rings. The molecule has 3 heteroatoms. The van der Waals surface area contributed by atoms with Crippen molar-refractivity contribution in [2.75, 3.05) is 13.1 Å². The molecule has 2 unspecified atom stereocenters. The van der Waals surface area contributed by atoms with E-state index in [0.29, 0.717) is 6.04 Å². The van der Waals surface area contributed by atoms with Gasteiger partial charge in [-0.15, -0.1) is 0 Å². The Morgan fingerprint density at radius 1 is 1.78 bits per heavy atom. The van der Waals surface area contributed by atoms with Gasteiger partial charge in [-0.1, -0.05) is 0 Å². The van der Waals surface area contributed by atoms with Gasteiger partial charge in [0.25, 0.3) is 0 Å². The largest absolute Gasteiger partial charge is 0.315 e. The van der Waals surface area contributed by atoms with E-state index in [-0.39, 0.29) is 0 Å². The van der Waals surface area contributed by atoms with Crippen LogP contribution in [0.25, 0.3) is 0 Å². The molecule has 0 aromatic heterocycles. The number of hydrogen-bond donors (Lipinski definition) is 2. The molecule has 2 N–H and O–H groups in total. The monoisotopic (exact) mass is 132 g/mol. The normalized spacial score (nSPS) is 30.7. The van der Waals surface area contributed by atoms with Crippen LogP contribution in [0, 0.1) is 0 Å². The summed E-state index contributed by atoms with van der Waals surface area (Å²) in [6, 6.07) is 0.352. The lowest BCUT2D eigenvalue weighted by atomic mass is 10.3. The van der Waals surface area contributed by atoms with Crippen molar-refractivity contribution < 1.29 is 4.39 Å². The molecule has 1 heterocycles. The zero-order valence-corrected chi connectivity index (χ0v) is 5.65. The van der Waals surface area contributed by atoms with Crippen LogP contribution in [0.5, 0.6) is 0 Å².